The van der Waals surface area contributed by atoms with Gasteiger partial charge in [-0.3, -0.25) is 9.59 Å². The highest BCUT2D eigenvalue weighted by Gasteiger charge is 2.16. The number of aromatic nitrogens is 2. The summed E-state index contributed by atoms with van der Waals surface area (Å²) in [4.78, 5) is 31.9. The first-order valence-corrected chi connectivity index (χ1v) is 9.49. The Morgan fingerprint density at radius 1 is 1.26 bits per heavy atom. The number of nitrogens with one attached hydrogen (secondary N) is 2. The van der Waals surface area contributed by atoms with Crippen molar-refractivity contribution in [3.05, 3.63) is 62.9 Å². The smallest absolute Gasteiger partial charge is 0.261 e. The summed E-state index contributed by atoms with van der Waals surface area (Å²) < 4.78 is 5.74. The second kappa shape index (κ2) is 7.39. The van der Waals surface area contributed by atoms with Crippen LogP contribution < -0.4 is 10.9 Å². The van der Waals surface area contributed by atoms with Gasteiger partial charge in [0.15, 0.2) is 11.5 Å². The maximum Gasteiger partial charge on any atom is 0.261 e. The average Bonchev–Trinajstić information content (AvgIpc) is 3.06. The largest absolute Gasteiger partial charge is 0.441 e. The van der Waals surface area contributed by atoms with Gasteiger partial charge in [0.1, 0.15) is 11.1 Å². The number of hydrogen-bond donors (Lipinski definition) is 2. The van der Waals surface area contributed by atoms with Crippen LogP contribution in [-0.2, 0) is 19.3 Å². The van der Waals surface area contributed by atoms with Gasteiger partial charge in [0.25, 0.3) is 11.5 Å². The zero-order chi connectivity index (χ0) is 18.8. The van der Waals surface area contributed by atoms with Crippen LogP contribution in [0.2, 0.25) is 0 Å². The van der Waals surface area contributed by atoms with Gasteiger partial charge in [-0.1, -0.05) is 6.07 Å². The first kappa shape index (κ1) is 17.5. The van der Waals surface area contributed by atoms with Crippen molar-refractivity contribution in [1.82, 2.24) is 15.3 Å². The van der Waals surface area contributed by atoms with Gasteiger partial charge in [-0.2, -0.15) is 0 Å². The third-order valence-electron chi connectivity index (χ3n) is 5.02. The molecule has 0 atom stereocenters. The van der Waals surface area contributed by atoms with Gasteiger partial charge in [-0.05, 0) is 68.4 Å². The second-order valence-corrected chi connectivity index (χ2v) is 7.16. The first-order valence-electron chi connectivity index (χ1n) is 9.49. The highest BCUT2D eigenvalue weighted by Crippen LogP contribution is 2.19. The summed E-state index contributed by atoms with van der Waals surface area (Å²) in [6.07, 6.45) is 5.32. The van der Waals surface area contributed by atoms with Gasteiger partial charge < -0.3 is 14.7 Å². The van der Waals surface area contributed by atoms with Crippen LogP contribution in [0.5, 0.6) is 0 Å². The summed E-state index contributed by atoms with van der Waals surface area (Å²) >= 11 is 0. The van der Waals surface area contributed by atoms with Crippen LogP contribution in [-0.4, -0.2) is 22.4 Å². The summed E-state index contributed by atoms with van der Waals surface area (Å²) in [6.45, 7) is 2.48. The molecule has 6 nitrogen and oxygen atoms in total. The molecule has 0 fully saturated rings. The van der Waals surface area contributed by atoms with Crippen molar-refractivity contribution < 1.29 is 9.21 Å². The lowest BCUT2D eigenvalue weighted by molar-refractivity contribution is 0.0951. The molecule has 0 spiro atoms. The lowest BCUT2D eigenvalue weighted by Crippen LogP contribution is -2.31. The Balaban J connectivity index is 1.34. The fourth-order valence-electron chi connectivity index (χ4n) is 3.57. The molecule has 1 aliphatic rings. The minimum Gasteiger partial charge on any atom is -0.441 e. The van der Waals surface area contributed by atoms with E-state index in [1.807, 2.05) is 25.1 Å². The number of pyridine rings is 1. The lowest BCUT2D eigenvalue weighted by Gasteiger charge is -2.15. The van der Waals surface area contributed by atoms with E-state index in [1.165, 1.54) is 0 Å². The highest BCUT2D eigenvalue weighted by molar-refractivity contribution is 5.94. The number of oxazole rings is 1. The predicted octanol–water partition coefficient (Wildman–Crippen LogP) is 3.07. The number of fused-ring (bicyclic) bond motifs is 2. The Kier molecular flexibility index (Phi) is 4.79. The molecule has 0 unspecified atom stereocenters. The second-order valence-electron chi connectivity index (χ2n) is 7.16. The number of benzene rings is 1. The molecule has 27 heavy (non-hydrogen) atoms. The van der Waals surface area contributed by atoms with Crippen molar-refractivity contribution in [2.24, 2.45) is 0 Å². The fraction of sp³-hybridized carbons (Fsp3) is 0.381. The molecule has 2 N–H and O–H groups in total. The van der Waals surface area contributed by atoms with E-state index in [1.54, 1.807) is 6.07 Å². The van der Waals surface area contributed by atoms with E-state index >= 15 is 0 Å². The van der Waals surface area contributed by atoms with Crippen LogP contribution in [0.25, 0.3) is 11.1 Å². The van der Waals surface area contributed by atoms with Gasteiger partial charge in [0.05, 0.1) is 0 Å². The third-order valence-corrected chi connectivity index (χ3v) is 5.02. The summed E-state index contributed by atoms with van der Waals surface area (Å²) in [5.74, 6) is 0.342. The highest BCUT2D eigenvalue weighted by atomic mass is 16.3. The Bertz CT molecular complexity index is 1050. The van der Waals surface area contributed by atoms with Crippen molar-refractivity contribution in [2.75, 3.05) is 6.54 Å². The van der Waals surface area contributed by atoms with Crippen LogP contribution in [0.15, 0.2) is 33.5 Å². The van der Waals surface area contributed by atoms with Crippen LogP contribution in [0.4, 0.5) is 0 Å². The minimum absolute atomic E-state index is 0.202. The fourth-order valence-corrected chi connectivity index (χ4v) is 3.57. The predicted molar refractivity (Wildman–Crippen MR) is 103 cm³/mol. The molecular formula is C21H23N3O3. The molecule has 0 saturated heterocycles. The van der Waals surface area contributed by atoms with E-state index in [0.717, 1.165) is 53.6 Å². The standard InChI is InChI=1S/C21H23N3O3/c1-13-8-9-17-18(11-13)27-19(23-17)7-4-10-22-20(25)15-12-14-5-2-3-6-16(14)24-21(15)26/h8-9,11-12H,2-7,10H2,1H3,(H,22,25)(H,24,26). The molecule has 0 radical (unpaired) electrons. The summed E-state index contributed by atoms with van der Waals surface area (Å²) in [7, 11) is 0. The molecule has 0 aliphatic heterocycles. The number of nitrogens with zero attached hydrogens (tertiary/aromatic N) is 1. The Morgan fingerprint density at radius 2 is 2.11 bits per heavy atom. The third kappa shape index (κ3) is 3.79. The quantitative estimate of drug-likeness (QED) is 0.680. The first-order chi connectivity index (χ1) is 13.1. The number of hydrogen-bond acceptors (Lipinski definition) is 4. The van der Waals surface area contributed by atoms with E-state index in [-0.39, 0.29) is 17.0 Å². The zero-order valence-electron chi connectivity index (χ0n) is 15.4. The van der Waals surface area contributed by atoms with Crippen molar-refractivity contribution in [1.29, 1.82) is 0 Å². The van der Waals surface area contributed by atoms with E-state index in [4.69, 9.17) is 4.42 Å². The number of carbonyl (C=O) groups excluding carboxylic acids is 1. The van der Waals surface area contributed by atoms with Gasteiger partial charge in [-0.25, -0.2) is 4.98 Å². The monoisotopic (exact) mass is 365 g/mol. The van der Waals surface area contributed by atoms with Crippen LogP contribution in [0, 0.1) is 6.92 Å². The summed E-state index contributed by atoms with van der Waals surface area (Å²) in [5.41, 5.74) is 4.74. The molecule has 2 aromatic heterocycles. The van der Waals surface area contributed by atoms with E-state index in [2.05, 4.69) is 15.3 Å². The topological polar surface area (TPSA) is 88.0 Å². The minimum atomic E-state index is -0.321. The van der Waals surface area contributed by atoms with Gasteiger partial charge in [0, 0.05) is 18.7 Å². The lowest BCUT2D eigenvalue weighted by atomic mass is 9.95. The van der Waals surface area contributed by atoms with Crippen molar-refractivity contribution >= 4 is 17.0 Å². The van der Waals surface area contributed by atoms with Crippen LogP contribution >= 0.6 is 0 Å². The van der Waals surface area contributed by atoms with Gasteiger partial charge in [-0.15, -0.1) is 0 Å². The molecule has 1 aliphatic carbocycles. The molecular weight excluding hydrogens is 342 g/mol. The maximum atomic E-state index is 12.4. The van der Waals surface area contributed by atoms with E-state index in [0.29, 0.717) is 25.3 Å². The number of aryl methyl sites for hydroxylation is 4. The van der Waals surface area contributed by atoms with Gasteiger partial charge in [0.2, 0.25) is 0 Å². The molecule has 1 amide bonds. The number of rotatable bonds is 5. The number of H-pyrrole nitrogens is 1. The maximum absolute atomic E-state index is 12.4. The Hall–Kier alpha value is -2.89. The Labute approximate surface area is 157 Å². The molecule has 140 valence electrons. The molecule has 6 heteroatoms. The number of amides is 1. The number of aromatic amines is 1. The molecule has 1 aromatic carbocycles. The normalized spacial score (nSPS) is 13.5. The molecule has 2 heterocycles. The van der Waals surface area contributed by atoms with Crippen molar-refractivity contribution in [2.45, 2.75) is 45.4 Å². The molecule has 3 aromatic rings. The van der Waals surface area contributed by atoms with Crippen molar-refractivity contribution in [3.8, 4) is 0 Å². The van der Waals surface area contributed by atoms with E-state index in [9.17, 15) is 9.59 Å². The SMILES string of the molecule is Cc1ccc2nc(CCCNC(=O)c3cc4c([nH]c3=O)CCCC4)oc2c1. The zero-order valence-corrected chi connectivity index (χ0v) is 15.4. The summed E-state index contributed by atoms with van der Waals surface area (Å²) in [6, 6.07) is 7.68. The van der Waals surface area contributed by atoms with Crippen LogP contribution in [0.3, 0.4) is 0 Å². The molecule has 0 saturated carbocycles. The van der Waals surface area contributed by atoms with Crippen LogP contribution in [0.1, 0.15) is 52.3 Å². The van der Waals surface area contributed by atoms with Crippen molar-refractivity contribution in [3.63, 3.8) is 0 Å². The summed E-state index contributed by atoms with van der Waals surface area (Å²) in [5, 5.41) is 2.83. The number of carbonyl (C=O) groups is 1. The molecule has 0 bridgehead atoms. The average molecular weight is 365 g/mol. The van der Waals surface area contributed by atoms with Gasteiger partial charge >= 0.3 is 0 Å². The van der Waals surface area contributed by atoms with E-state index < -0.39 is 0 Å². The Morgan fingerprint density at radius 3 is 3.00 bits per heavy atom. The molecule has 4 rings (SSSR count).